The Morgan fingerprint density at radius 2 is 2.11 bits per heavy atom. The van der Waals surface area contributed by atoms with Gasteiger partial charge < -0.3 is 21.1 Å². The van der Waals surface area contributed by atoms with Crippen molar-refractivity contribution in [1.29, 1.82) is 0 Å². The van der Waals surface area contributed by atoms with Gasteiger partial charge in [-0.3, -0.25) is 14.4 Å². The van der Waals surface area contributed by atoms with E-state index in [1.54, 1.807) is 6.92 Å². The third-order valence-electron chi connectivity index (χ3n) is 3.55. The lowest BCUT2D eigenvalue weighted by atomic mass is 9.79. The Morgan fingerprint density at radius 3 is 2.53 bits per heavy atom. The molecule has 7 heteroatoms. The summed E-state index contributed by atoms with van der Waals surface area (Å²) in [5.74, 6) is -1.31. The van der Waals surface area contributed by atoms with Crippen molar-refractivity contribution in [3.05, 3.63) is 0 Å². The highest BCUT2D eigenvalue weighted by atomic mass is 16.3. The number of piperidine rings is 1. The summed E-state index contributed by atoms with van der Waals surface area (Å²) in [6, 6.07) is -1.09. The van der Waals surface area contributed by atoms with Gasteiger partial charge >= 0.3 is 0 Å². The second-order valence-electron chi connectivity index (χ2n) is 5.34. The molecule has 1 aliphatic rings. The van der Waals surface area contributed by atoms with Crippen LogP contribution >= 0.6 is 0 Å². The Bertz CT molecular complexity index is 396. The molecule has 0 aromatic heterocycles. The van der Waals surface area contributed by atoms with Gasteiger partial charge in [0.05, 0.1) is 11.5 Å². The number of hydrogen-bond acceptors (Lipinski definition) is 4. The number of carbonyl (C=O) groups is 3. The van der Waals surface area contributed by atoms with Gasteiger partial charge in [-0.2, -0.15) is 0 Å². The average Bonchev–Trinajstić information content (AvgIpc) is 2.26. The van der Waals surface area contributed by atoms with E-state index in [9.17, 15) is 19.5 Å². The number of nitrogens with one attached hydrogen (secondary N) is 1. The standard InChI is InChI=1S/C12H21N3O4/c1-7(16)9(10(13)18)15(3)11(19)12(2)4-5-14-8(17)6-12/h7,9,16H,4-6H2,1-3H3,(H2,13,18)(H,14,17)/t7-,9+,12?/m1/s1. The SMILES string of the molecule is C[C@@H](O)[C@@H](C(N)=O)N(C)C(=O)C1(C)CCNC(=O)C1. The van der Waals surface area contributed by atoms with E-state index in [2.05, 4.69) is 5.32 Å². The van der Waals surface area contributed by atoms with Gasteiger partial charge in [-0.25, -0.2) is 0 Å². The fraction of sp³-hybridized carbons (Fsp3) is 0.750. The normalized spacial score (nSPS) is 26.2. The van der Waals surface area contributed by atoms with Crippen LogP contribution in [0.5, 0.6) is 0 Å². The summed E-state index contributed by atoms with van der Waals surface area (Å²) in [5, 5.41) is 12.2. The van der Waals surface area contributed by atoms with Crippen LogP contribution < -0.4 is 11.1 Å². The quantitative estimate of drug-likeness (QED) is 0.583. The molecule has 19 heavy (non-hydrogen) atoms. The van der Waals surface area contributed by atoms with E-state index in [0.29, 0.717) is 13.0 Å². The molecule has 0 radical (unpaired) electrons. The summed E-state index contributed by atoms with van der Waals surface area (Å²) in [7, 11) is 1.42. The summed E-state index contributed by atoms with van der Waals surface area (Å²) >= 11 is 0. The number of rotatable bonds is 4. The van der Waals surface area contributed by atoms with Crippen molar-refractivity contribution in [2.75, 3.05) is 13.6 Å². The van der Waals surface area contributed by atoms with Crippen LogP contribution in [0.25, 0.3) is 0 Å². The fourth-order valence-corrected chi connectivity index (χ4v) is 2.47. The van der Waals surface area contributed by atoms with Crippen LogP contribution in [0, 0.1) is 5.41 Å². The minimum absolute atomic E-state index is 0.0709. The van der Waals surface area contributed by atoms with Crippen molar-refractivity contribution in [3.63, 3.8) is 0 Å². The molecule has 1 saturated heterocycles. The van der Waals surface area contributed by atoms with E-state index < -0.39 is 23.5 Å². The number of hydrogen-bond donors (Lipinski definition) is 3. The number of nitrogens with zero attached hydrogens (tertiary/aromatic N) is 1. The molecule has 0 spiro atoms. The maximum absolute atomic E-state index is 12.4. The van der Waals surface area contributed by atoms with Crippen molar-refractivity contribution < 1.29 is 19.5 Å². The predicted molar refractivity (Wildman–Crippen MR) is 67.8 cm³/mol. The third-order valence-corrected chi connectivity index (χ3v) is 3.55. The lowest BCUT2D eigenvalue weighted by Gasteiger charge is -2.38. The number of aliphatic hydroxyl groups is 1. The molecule has 1 rings (SSSR count). The minimum atomic E-state index is -1.09. The molecule has 1 unspecified atom stereocenters. The molecule has 0 bridgehead atoms. The van der Waals surface area contributed by atoms with E-state index in [1.165, 1.54) is 14.0 Å². The Morgan fingerprint density at radius 1 is 1.53 bits per heavy atom. The second kappa shape index (κ2) is 5.56. The molecule has 4 N–H and O–H groups in total. The summed E-state index contributed by atoms with van der Waals surface area (Å²) < 4.78 is 0. The molecule has 7 nitrogen and oxygen atoms in total. The van der Waals surface area contributed by atoms with Crippen LogP contribution in [0.3, 0.4) is 0 Å². The molecule has 1 heterocycles. The van der Waals surface area contributed by atoms with Crippen molar-refractivity contribution in [3.8, 4) is 0 Å². The van der Waals surface area contributed by atoms with Crippen LogP contribution in [0.1, 0.15) is 26.7 Å². The Kier molecular flexibility index (Phi) is 4.52. The number of carbonyl (C=O) groups excluding carboxylic acids is 3. The van der Waals surface area contributed by atoms with Crippen LogP contribution in [0.15, 0.2) is 0 Å². The molecule has 0 saturated carbocycles. The van der Waals surface area contributed by atoms with Crippen LogP contribution in [-0.4, -0.2) is 53.5 Å². The lowest BCUT2D eigenvalue weighted by molar-refractivity contribution is -0.152. The zero-order valence-electron chi connectivity index (χ0n) is 11.5. The second-order valence-corrected chi connectivity index (χ2v) is 5.34. The van der Waals surface area contributed by atoms with Gasteiger partial charge in [-0.15, -0.1) is 0 Å². The minimum Gasteiger partial charge on any atom is -0.391 e. The monoisotopic (exact) mass is 271 g/mol. The first-order valence-electron chi connectivity index (χ1n) is 6.20. The van der Waals surface area contributed by atoms with Gasteiger partial charge in [0.15, 0.2) is 0 Å². The van der Waals surface area contributed by atoms with E-state index >= 15 is 0 Å². The predicted octanol–water partition coefficient (Wildman–Crippen LogP) is -1.40. The van der Waals surface area contributed by atoms with E-state index in [-0.39, 0.29) is 18.2 Å². The van der Waals surface area contributed by atoms with Crippen molar-refractivity contribution >= 4 is 17.7 Å². The highest BCUT2D eigenvalue weighted by molar-refractivity contribution is 5.93. The molecule has 1 aliphatic heterocycles. The Hall–Kier alpha value is -1.63. The zero-order valence-corrected chi connectivity index (χ0v) is 11.5. The fourth-order valence-electron chi connectivity index (χ4n) is 2.47. The highest BCUT2D eigenvalue weighted by Crippen LogP contribution is 2.31. The third kappa shape index (κ3) is 3.23. The van der Waals surface area contributed by atoms with Gasteiger partial charge in [-0.1, -0.05) is 6.92 Å². The van der Waals surface area contributed by atoms with Gasteiger partial charge in [0.1, 0.15) is 6.04 Å². The number of nitrogens with two attached hydrogens (primary N) is 1. The number of aliphatic hydroxyl groups excluding tert-OH is 1. The van der Waals surface area contributed by atoms with E-state index in [4.69, 9.17) is 5.73 Å². The number of likely N-dealkylation sites (N-methyl/N-ethyl adjacent to an activating group) is 1. The highest BCUT2D eigenvalue weighted by Gasteiger charge is 2.43. The summed E-state index contributed by atoms with van der Waals surface area (Å²) in [6.45, 7) is 3.50. The van der Waals surface area contributed by atoms with Crippen LogP contribution in [-0.2, 0) is 14.4 Å². The maximum atomic E-state index is 12.4. The van der Waals surface area contributed by atoms with Crippen molar-refractivity contribution in [2.24, 2.45) is 11.1 Å². The van der Waals surface area contributed by atoms with Crippen molar-refractivity contribution in [2.45, 2.75) is 38.8 Å². The Labute approximate surface area is 112 Å². The van der Waals surface area contributed by atoms with E-state index in [1.807, 2.05) is 0 Å². The molecule has 0 aromatic carbocycles. The van der Waals surface area contributed by atoms with Gasteiger partial charge in [0.2, 0.25) is 17.7 Å². The first-order chi connectivity index (χ1) is 8.69. The average molecular weight is 271 g/mol. The summed E-state index contributed by atoms with van der Waals surface area (Å²) in [5.41, 5.74) is 4.34. The molecule has 3 amide bonds. The van der Waals surface area contributed by atoms with Gasteiger partial charge in [-0.05, 0) is 13.3 Å². The molecular weight excluding hydrogens is 250 g/mol. The molecule has 0 aromatic rings. The smallest absolute Gasteiger partial charge is 0.242 e. The topological polar surface area (TPSA) is 113 Å². The molecule has 108 valence electrons. The summed E-state index contributed by atoms with van der Waals surface area (Å²) in [6.07, 6.45) is -0.498. The molecular formula is C12H21N3O4. The molecule has 1 fully saturated rings. The first kappa shape index (κ1) is 15.4. The first-order valence-corrected chi connectivity index (χ1v) is 6.20. The van der Waals surface area contributed by atoms with Gasteiger partial charge in [0.25, 0.3) is 0 Å². The zero-order chi connectivity index (χ0) is 14.8. The van der Waals surface area contributed by atoms with Crippen LogP contribution in [0.2, 0.25) is 0 Å². The largest absolute Gasteiger partial charge is 0.391 e. The maximum Gasteiger partial charge on any atom is 0.242 e. The van der Waals surface area contributed by atoms with Crippen LogP contribution in [0.4, 0.5) is 0 Å². The summed E-state index contributed by atoms with van der Waals surface area (Å²) in [4.78, 5) is 36.3. The number of amides is 3. The number of primary amides is 1. The van der Waals surface area contributed by atoms with Gasteiger partial charge in [0, 0.05) is 20.0 Å². The van der Waals surface area contributed by atoms with E-state index in [0.717, 1.165) is 4.90 Å². The molecule has 0 aliphatic carbocycles. The molecule has 3 atom stereocenters. The lowest BCUT2D eigenvalue weighted by Crippen LogP contribution is -2.57. The Balaban J connectivity index is 2.91. The van der Waals surface area contributed by atoms with Crippen molar-refractivity contribution in [1.82, 2.24) is 10.2 Å².